The van der Waals surface area contributed by atoms with Crippen LogP contribution in [0.3, 0.4) is 0 Å². The van der Waals surface area contributed by atoms with Crippen molar-refractivity contribution in [3.63, 3.8) is 0 Å². The highest BCUT2D eigenvalue weighted by Gasteiger charge is 2.30. The van der Waals surface area contributed by atoms with Crippen LogP contribution in [0.15, 0.2) is 136 Å². The van der Waals surface area contributed by atoms with E-state index in [0.29, 0.717) is 22.8 Å². The Morgan fingerprint density at radius 1 is 0.600 bits per heavy atom. The van der Waals surface area contributed by atoms with Crippen molar-refractivity contribution in [1.82, 2.24) is 29.9 Å². The molecule has 9 rings (SSSR count). The normalized spacial score (nSPS) is 13.5. The number of phenolic OH excluding ortho intramolecular Hbond substituents is 2. The number of azo groups is 2. The molecule has 7 aromatic carbocycles. The van der Waals surface area contributed by atoms with Crippen molar-refractivity contribution < 1.29 is 121 Å². The molecular formula is C49H42Cl2N14O27S8. The van der Waals surface area contributed by atoms with E-state index in [9.17, 15) is 70.2 Å². The number of nitrogens with zero attached hydrogens (tertiary/aromatic N) is 10. The summed E-state index contributed by atoms with van der Waals surface area (Å²) in [5.74, 6) is -3.04. The van der Waals surface area contributed by atoms with E-state index in [2.05, 4.69) is 98.7 Å². The van der Waals surface area contributed by atoms with Crippen molar-refractivity contribution in [2.45, 2.75) is 56.2 Å². The first-order valence-corrected chi connectivity index (χ1v) is 37.0. The Kier molecular flexibility index (Phi) is 23.8. The fourth-order valence-electron chi connectivity index (χ4n) is 8.97. The summed E-state index contributed by atoms with van der Waals surface area (Å²) in [6, 6.07) is 16.6. The van der Waals surface area contributed by atoms with Crippen LogP contribution in [0.5, 0.6) is 17.2 Å². The fraction of sp³-hybridized carbons (Fsp3) is 0.143. The maximum atomic E-state index is 12.9. The molecule has 3 unspecified atom stereocenters. The molecule has 0 aliphatic rings. The van der Waals surface area contributed by atoms with E-state index in [1.807, 2.05) is 0 Å². The van der Waals surface area contributed by atoms with E-state index in [-0.39, 0.29) is 108 Å². The van der Waals surface area contributed by atoms with Gasteiger partial charge in [-0.3, -0.25) is 22.8 Å². The Labute approximate surface area is 582 Å². The van der Waals surface area contributed by atoms with E-state index in [4.69, 9.17) is 47.0 Å². The van der Waals surface area contributed by atoms with Crippen molar-refractivity contribution in [2.24, 2.45) is 20.5 Å². The summed E-state index contributed by atoms with van der Waals surface area (Å²) < 4.78 is 204. The number of hydrogen-bond acceptors (Lipinski definition) is 38. The number of sulfone groups is 1. The highest BCUT2D eigenvalue weighted by atomic mass is 35.5. The first-order valence-electron chi connectivity index (χ1n) is 26.6. The van der Waals surface area contributed by atoms with Gasteiger partial charge < -0.3 is 35.7 Å². The number of aromatic nitrogens is 6. The lowest BCUT2D eigenvalue weighted by molar-refractivity contribution is -0.432. The topological polar surface area (TPSA) is 609 Å². The molecular weight excluding hydrogens is 1540 g/mol. The van der Waals surface area contributed by atoms with E-state index in [1.54, 1.807) is 6.92 Å². The minimum absolute atomic E-state index is 0.0294. The number of benzene rings is 7. The molecule has 51 heteroatoms. The first kappa shape index (κ1) is 76.0. The summed E-state index contributed by atoms with van der Waals surface area (Å²) in [6.07, 6.45) is -0.208. The minimum Gasteiger partial charge on any atom is -0.505 e. The van der Waals surface area contributed by atoms with Crippen LogP contribution in [-0.2, 0) is 95.8 Å². The van der Waals surface area contributed by atoms with Crippen LogP contribution in [0.2, 0.25) is 10.6 Å². The molecule has 0 spiro atoms. The summed E-state index contributed by atoms with van der Waals surface area (Å²) in [4.78, 5) is 22.5. The van der Waals surface area contributed by atoms with Gasteiger partial charge in [0.25, 0.3) is 20.2 Å². The number of anilines is 6. The number of phenols is 2. The van der Waals surface area contributed by atoms with Crippen LogP contribution < -0.4 is 25.5 Å². The molecule has 3 atom stereocenters. The Morgan fingerprint density at radius 3 is 1.80 bits per heavy atom. The van der Waals surface area contributed by atoms with Gasteiger partial charge in [0.05, 0.1) is 68.1 Å². The van der Waals surface area contributed by atoms with Crippen molar-refractivity contribution >= 4 is 200 Å². The lowest BCUT2D eigenvalue weighted by Gasteiger charge is -2.17. The summed E-state index contributed by atoms with van der Waals surface area (Å²) >= 11 is 10.6. The van der Waals surface area contributed by atoms with E-state index < -0.39 is 134 Å². The number of aromatic hydroxyl groups is 2. The maximum absolute atomic E-state index is 12.9. The van der Waals surface area contributed by atoms with Crippen LogP contribution in [0, 0.1) is 0 Å². The van der Waals surface area contributed by atoms with Gasteiger partial charge in [-0.15, -0.1) is 18.9 Å². The highest BCUT2D eigenvalue weighted by Crippen LogP contribution is 2.49. The third-order valence-electron chi connectivity index (χ3n) is 12.9. The van der Waals surface area contributed by atoms with Gasteiger partial charge in [-0.05, 0) is 156 Å². The van der Waals surface area contributed by atoms with Gasteiger partial charge in [-0.2, -0.15) is 78.0 Å². The predicted molar refractivity (Wildman–Crippen MR) is 351 cm³/mol. The van der Waals surface area contributed by atoms with Crippen LogP contribution in [0.1, 0.15) is 19.4 Å². The molecule has 0 saturated carbocycles. The second-order valence-corrected chi connectivity index (χ2v) is 29.7. The van der Waals surface area contributed by atoms with Gasteiger partial charge in [0.15, 0.2) is 16.9 Å². The van der Waals surface area contributed by atoms with Crippen molar-refractivity contribution in [1.29, 1.82) is 0 Å². The Bertz CT molecular complexity index is 5380. The molecule has 2 aromatic heterocycles. The lowest BCUT2D eigenvalue weighted by atomic mass is 10.0. The zero-order valence-electron chi connectivity index (χ0n) is 49.3. The zero-order valence-corrected chi connectivity index (χ0v) is 57.3. The molecule has 0 saturated heterocycles. The van der Waals surface area contributed by atoms with Crippen molar-refractivity contribution in [2.75, 3.05) is 34.4 Å². The smallest absolute Gasteiger partial charge is 0.398 e. The molecule has 0 bridgehead atoms. The summed E-state index contributed by atoms with van der Waals surface area (Å²) in [6.45, 7) is 1.74. The molecule has 0 aliphatic heterocycles. The molecule has 100 heavy (non-hydrogen) atoms. The standard InChI is InChI=1S/C49H42Cl2N14O27S8/c1-21(20-52-46-56-44(50)58-48(60-46)54-34-18-30(93-91-89-68)13-25-16-37(98(77,78)79)41(43(67)38(25)34)65-62-27-5-7-31(8-6-27)96(72,73)22(2)88-100(83,84)85)53-47-57-45(51)59-49(61-47)55-35-19-32(97(74,75)76)14-26-15-36(94-92-90-69)40(42(66)39(26)35)64-63-28-4-3-23-11-29(87-95(70)71)12-24(33(23)17-28)9-10-86-99(80,81)82/h3-8,11-19,21-22,66-69H,9-10,20H2,1-2H3,(H,70,71)(H,74,75,76)(H,77,78,79)(H,80,81,82)(H,83,84,85)(H2,52,54,56,58,60)(H2,53,55,57,59,61). The van der Waals surface area contributed by atoms with Gasteiger partial charge in [0.1, 0.15) is 22.0 Å². The Morgan fingerprint density at radius 2 is 1.18 bits per heavy atom. The summed E-state index contributed by atoms with van der Waals surface area (Å²) in [5.41, 5.74) is -3.72. The molecule has 0 fully saturated rings. The van der Waals surface area contributed by atoms with Crippen molar-refractivity contribution in [3.05, 3.63) is 107 Å². The first-order chi connectivity index (χ1) is 46.9. The molecule has 13 N–H and O–H groups in total. The average Bonchev–Trinajstić information content (AvgIpc) is 0.765. The number of halogens is 2. The highest BCUT2D eigenvalue weighted by molar-refractivity contribution is 7.95. The average molecular weight is 1590 g/mol. The molecule has 532 valence electrons. The van der Waals surface area contributed by atoms with Gasteiger partial charge >= 0.3 is 32.2 Å². The fourth-order valence-corrected chi connectivity index (χ4v) is 13.9. The van der Waals surface area contributed by atoms with Crippen LogP contribution in [-0.4, -0.2) is 144 Å². The predicted octanol–water partition coefficient (Wildman–Crippen LogP) is 9.63. The van der Waals surface area contributed by atoms with Crippen LogP contribution >= 0.6 is 47.3 Å². The van der Waals surface area contributed by atoms with Crippen molar-refractivity contribution in [3.8, 4) is 17.2 Å². The second kappa shape index (κ2) is 31.4. The number of nitrogens with one attached hydrogen (secondary N) is 4. The monoisotopic (exact) mass is 1580 g/mol. The van der Waals surface area contributed by atoms with E-state index in [1.165, 1.54) is 48.5 Å². The van der Waals surface area contributed by atoms with Gasteiger partial charge in [-0.25, -0.2) is 27.3 Å². The second-order valence-electron chi connectivity index (χ2n) is 19.7. The van der Waals surface area contributed by atoms with Crippen LogP contribution in [0.4, 0.5) is 57.9 Å². The lowest BCUT2D eigenvalue weighted by Crippen LogP contribution is -2.27. The summed E-state index contributed by atoms with van der Waals surface area (Å²) in [7, 11) is -24.9. The minimum atomic E-state index is -5.27. The third-order valence-corrected chi connectivity index (χ3v) is 19.5. The van der Waals surface area contributed by atoms with Crippen LogP contribution in [0.25, 0.3) is 32.3 Å². The molecule has 0 aliphatic carbocycles. The largest absolute Gasteiger partial charge is 0.505 e. The number of hydrogen-bond donors (Lipinski definition) is 13. The van der Waals surface area contributed by atoms with Gasteiger partial charge in [-0.1, -0.05) is 16.1 Å². The molecule has 0 radical (unpaired) electrons. The number of fused-ring (bicyclic) bond motifs is 3. The van der Waals surface area contributed by atoms with E-state index >= 15 is 0 Å². The van der Waals surface area contributed by atoms with Gasteiger partial charge in [0, 0.05) is 28.3 Å². The van der Waals surface area contributed by atoms with E-state index in [0.717, 1.165) is 49.4 Å². The molecule has 9 aromatic rings. The molecule has 41 nitrogen and oxygen atoms in total. The maximum Gasteiger partial charge on any atom is 0.398 e. The Balaban J connectivity index is 0.980. The zero-order chi connectivity index (χ0) is 72.8. The number of rotatable bonds is 31. The quantitative estimate of drug-likeness (QED) is 0.00480. The molecule has 2 heterocycles. The van der Waals surface area contributed by atoms with Gasteiger partial charge in [0.2, 0.25) is 44.2 Å². The SMILES string of the molecule is CC(CNc1nc(Cl)nc(Nc2cc(SOOO)cc3cc(S(=O)(=O)O)c(N=Nc4ccc(S(=O)(=O)C(C)OS(=O)(=O)O)cc4)c(O)c23)n1)Nc1nc(Cl)nc(Nc2cc(S(=O)(=O)O)cc3cc(SOOO)c(N=Nc4ccc5cc(OS(=O)O)cc(CCOS(=O)(=O)O)c5c4)c(O)c23)n1. The summed E-state index contributed by atoms with van der Waals surface area (Å²) in [5, 5.41) is 75.9. The molecule has 0 amide bonds. The third kappa shape index (κ3) is 19.7. The Hall–Kier alpha value is -8.20.